The summed E-state index contributed by atoms with van der Waals surface area (Å²) in [6.07, 6.45) is 5.88. The van der Waals surface area contributed by atoms with Crippen LogP contribution < -0.4 is 15.4 Å². The van der Waals surface area contributed by atoms with E-state index in [4.69, 9.17) is 4.74 Å². The van der Waals surface area contributed by atoms with Gasteiger partial charge in [-0.3, -0.25) is 4.99 Å². The van der Waals surface area contributed by atoms with Crippen molar-refractivity contribution in [1.29, 1.82) is 0 Å². The van der Waals surface area contributed by atoms with Crippen molar-refractivity contribution in [2.45, 2.75) is 57.6 Å². The first-order chi connectivity index (χ1) is 15.1. The third-order valence-electron chi connectivity index (χ3n) is 7.35. The van der Waals surface area contributed by atoms with Crippen LogP contribution in [0.2, 0.25) is 0 Å². The quantitative estimate of drug-likeness (QED) is 0.317. The van der Waals surface area contributed by atoms with Crippen LogP contribution in [0.5, 0.6) is 5.75 Å². The highest BCUT2D eigenvalue weighted by Gasteiger charge is 2.43. The van der Waals surface area contributed by atoms with Gasteiger partial charge in [-0.05, 0) is 44.2 Å². The molecule has 1 spiro atoms. The number of fused-ring (bicyclic) bond motifs is 1. The van der Waals surface area contributed by atoms with E-state index in [2.05, 4.69) is 63.5 Å². The fourth-order valence-electron chi connectivity index (χ4n) is 5.50. The zero-order chi connectivity index (χ0) is 21.7. The van der Waals surface area contributed by atoms with Gasteiger partial charge in [0.05, 0.1) is 6.04 Å². The smallest absolute Gasteiger partial charge is 0.191 e. The van der Waals surface area contributed by atoms with Gasteiger partial charge in [-0.15, -0.1) is 24.0 Å². The molecular weight excluding hydrogens is 513 g/mol. The van der Waals surface area contributed by atoms with Crippen LogP contribution in [0.4, 0.5) is 0 Å². The predicted molar refractivity (Wildman–Crippen MR) is 143 cm³/mol. The second kappa shape index (κ2) is 11.9. The minimum Gasteiger partial charge on any atom is -0.487 e. The summed E-state index contributed by atoms with van der Waals surface area (Å²) in [5.74, 6) is 2.52. The second-order valence-electron chi connectivity index (χ2n) is 9.72. The van der Waals surface area contributed by atoms with Gasteiger partial charge in [0.25, 0.3) is 0 Å². The van der Waals surface area contributed by atoms with Gasteiger partial charge < -0.3 is 25.2 Å². The number of hydrogen-bond donors (Lipinski definition) is 2. The standard InChI is InChI=1S/C25H41N5O.HI/c1-4-29-13-15-30(16-14-29)19-20(2)18-27-24(26-3)28-22-17-25(11-7-8-12-25)31-23-10-6-5-9-21(22)23;/h5-6,9-10,20,22H,4,7-8,11-19H2,1-3H3,(H2,26,27,28);1H. The van der Waals surface area contributed by atoms with Crippen LogP contribution in [0.25, 0.3) is 0 Å². The van der Waals surface area contributed by atoms with Crippen LogP contribution in [0, 0.1) is 5.92 Å². The number of nitrogens with one attached hydrogen (secondary N) is 2. The van der Waals surface area contributed by atoms with Crippen molar-refractivity contribution in [3.05, 3.63) is 29.8 Å². The van der Waals surface area contributed by atoms with Gasteiger partial charge in [0.2, 0.25) is 0 Å². The molecule has 2 fully saturated rings. The molecule has 2 heterocycles. The van der Waals surface area contributed by atoms with E-state index in [-0.39, 0.29) is 35.6 Å². The van der Waals surface area contributed by atoms with Crippen molar-refractivity contribution in [2.24, 2.45) is 10.9 Å². The van der Waals surface area contributed by atoms with E-state index in [0.29, 0.717) is 5.92 Å². The fraction of sp³-hybridized carbons (Fsp3) is 0.720. The van der Waals surface area contributed by atoms with Crippen molar-refractivity contribution in [2.75, 3.05) is 52.9 Å². The Morgan fingerprint density at radius 3 is 2.53 bits per heavy atom. The number of nitrogens with zero attached hydrogens (tertiary/aromatic N) is 3. The number of guanidine groups is 1. The Kier molecular flexibility index (Phi) is 9.49. The molecule has 1 aliphatic carbocycles. The Labute approximate surface area is 211 Å². The summed E-state index contributed by atoms with van der Waals surface area (Å²) in [4.78, 5) is 9.68. The second-order valence-corrected chi connectivity index (χ2v) is 9.72. The SMILES string of the molecule is CCN1CCN(CC(C)CNC(=NC)NC2CC3(CCCC3)Oc3ccccc32)CC1.I. The molecule has 0 radical (unpaired) electrons. The zero-order valence-corrected chi connectivity index (χ0v) is 22.4. The Balaban J connectivity index is 0.00000289. The first kappa shape index (κ1) is 25.6. The Bertz CT molecular complexity index is 744. The number of aliphatic imine (C=N–C) groups is 1. The summed E-state index contributed by atoms with van der Waals surface area (Å²) in [7, 11) is 1.88. The lowest BCUT2D eigenvalue weighted by Crippen LogP contribution is -2.49. The topological polar surface area (TPSA) is 52.1 Å². The largest absolute Gasteiger partial charge is 0.487 e. The molecule has 6 nitrogen and oxygen atoms in total. The third-order valence-corrected chi connectivity index (χ3v) is 7.35. The number of halogens is 1. The Hall–Kier alpha value is -1.06. The highest BCUT2D eigenvalue weighted by molar-refractivity contribution is 14.0. The first-order valence-electron chi connectivity index (χ1n) is 12.3. The Morgan fingerprint density at radius 1 is 1.16 bits per heavy atom. The highest BCUT2D eigenvalue weighted by atomic mass is 127. The van der Waals surface area contributed by atoms with E-state index in [0.717, 1.165) is 44.1 Å². The number of benzene rings is 1. The number of hydrogen-bond acceptors (Lipinski definition) is 4. The summed E-state index contributed by atoms with van der Waals surface area (Å²) in [5.41, 5.74) is 1.25. The van der Waals surface area contributed by atoms with Crippen molar-refractivity contribution in [3.8, 4) is 5.75 Å². The molecule has 0 aromatic heterocycles. The maximum atomic E-state index is 6.52. The summed E-state index contributed by atoms with van der Waals surface area (Å²) in [6, 6.07) is 8.76. The lowest BCUT2D eigenvalue weighted by Gasteiger charge is -2.40. The van der Waals surface area contributed by atoms with Gasteiger partial charge in [-0.2, -0.15) is 0 Å². The minimum absolute atomic E-state index is 0. The molecule has 0 bridgehead atoms. The lowest BCUT2D eigenvalue weighted by atomic mass is 9.86. The summed E-state index contributed by atoms with van der Waals surface area (Å²) < 4.78 is 6.52. The molecule has 2 N–H and O–H groups in total. The molecule has 180 valence electrons. The fourth-order valence-corrected chi connectivity index (χ4v) is 5.50. The van der Waals surface area contributed by atoms with Gasteiger partial charge >= 0.3 is 0 Å². The molecule has 1 saturated heterocycles. The average Bonchev–Trinajstić information content (AvgIpc) is 3.24. The molecule has 0 amide bonds. The molecule has 2 unspecified atom stereocenters. The molecule has 32 heavy (non-hydrogen) atoms. The van der Waals surface area contributed by atoms with Crippen molar-refractivity contribution < 1.29 is 4.74 Å². The molecule has 1 aromatic carbocycles. The normalized spacial score (nSPS) is 24.3. The predicted octanol–water partition coefficient (Wildman–Crippen LogP) is 3.88. The van der Waals surface area contributed by atoms with Crippen LogP contribution in [-0.4, -0.2) is 74.2 Å². The summed E-state index contributed by atoms with van der Waals surface area (Å²) >= 11 is 0. The summed E-state index contributed by atoms with van der Waals surface area (Å²) in [6.45, 7) is 12.6. The van der Waals surface area contributed by atoms with E-state index >= 15 is 0 Å². The van der Waals surface area contributed by atoms with Crippen molar-refractivity contribution >= 4 is 29.9 Å². The van der Waals surface area contributed by atoms with Crippen molar-refractivity contribution in [3.63, 3.8) is 0 Å². The monoisotopic (exact) mass is 555 g/mol. The van der Waals surface area contributed by atoms with E-state index in [1.165, 1.54) is 51.1 Å². The molecule has 1 saturated carbocycles. The van der Waals surface area contributed by atoms with E-state index in [1.807, 2.05) is 7.05 Å². The average molecular weight is 556 g/mol. The number of likely N-dealkylation sites (N-methyl/N-ethyl adjacent to an activating group) is 1. The van der Waals surface area contributed by atoms with Crippen LogP contribution in [0.3, 0.4) is 0 Å². The van der Waals surface area contributed by atoms with Crippen LogP contribution in [-0.2, 0) is 0 Å². The number of para-hydroxylation sites is 1. The first-order valence-corrected chi connectivity index (χ1v) is 12.3. The summed E-state index contributed by atoms with van der Waals surface area (Å²) in [5, 5.41) is 7.32. The van der Waals surface area contributed by atoms with Crippen LogP contribution in [0.15, 0.2) is 29.3 Å². The molecular formula is C25H42IN5O. The van der Waals surface area contributed by atoms with Crippen LogP contribution in [0.1, 0.15) is 57.6 Å². The maximum Gasteiger partial charge on any atom is 0.191 e. The van der Waals surface area contributed by atoms with Gasteiger partial charge in [-0.1, -0.05) is 32.0 Å². The maximum absolute atomic E-state index is 6.52. The molecule has 2 aliphatic heterocycles. The van der Waals surface area contributed by atoms with Crippen LogP contribution >= 0.6 is 24.0 Å². The molecule has 4 rings (SSSR count). The highest BCUT2D eigenvalue weighted by Crippen LogP contribution is 2.46. The van der Waals surface area contributed by atoms with Gasteiger partial charge in [-0.25, -0.2) is 0 Å². The van der Waals surface area contributed by atoms with Gasteiger partial charge in [0.15, 0.2) is 5.96 Å². The lowest BCUT2D eigenvalue weighted by molar-refractivity contribution is 0.0396. The van der Waals surface area contributed by atoms with E-state index in [1.54, 1.807) is 0 Å². The Morgan fingerprint density at radius 2 is 1.84 bits per heavy atom. The molecule has 1 aromatic rings. The van der Waals surface area contributed by atoms with E-state index in [9.17, 15) is 0 Å². The van der Waals surface area contributed by atoms with E-state index < -0.39 is 0 Å². The third kappa shape index (κ3) is 6.29. The van der Waals surface area contributed by atoms with Gasteiger partial charge in [0, 0.05) is 58.3 Å². The zero-order valence-electron chi connectivity index (χ0n) is 20.1. The van der Waals surface area contributed by atoms with Crippen molar-refractivity contribution in [1.82, 2.24) is 20.4 Å². The number of piperazine rings is 1. The molecule has 7 heteroatoms. The number of ether oxygens (including phenoxy) is 1. The molecule has 3 aliphatic rings. The molecule has 2 atom stereocenters. The number of rotatable bonds is 6. The van der Waals surface area contributed by atoms with Gasteiger partial charge in [0.1, 0.15) is 11.4 Å². The minimum atomic E-state index is -0.00119.